The molecule has 0 aromatic heterocycles. The Hall–Kier alpha value is -1.58. The highest BCUT2D eigenvalue weighted by Crippen LogP contribution is 2.27. The second kappa shape index (κ2) is 3.29. The number of carboxylic acid groups (broad SMARTS) is 1. The summed E-state index contributed by atoms with van der Waals surface area (Å²) >= 11 is 0. The van der Waals surface area contributed by atoms with Gasteiger partial charge in [-0.05, 0) is 30.2 Å². The summed E-state index contributed by atoms with van der Waals surface area (Å²) in [6, 6.07) is 4.47. The Balaban J connectivity index is 2.26. The molecule has 0 amide bonds. The minimum absolute atomic E-state index is 0.0152. The maximum atomic E-state index is 12.8. The van der Waals surface area contributed by atoms with Crippen LogP contribution in [0.3, 0.4) is 0 Å². The summed E-state index contributed by atoms with van der Waals surface area (Å²) in [7, 11) is 0. The number of hydrogen-bond donors (Lipinski definition) is 1. The summed E-state index contributed by atoms with van der Waals surface area (Å²) in [6.07, 6.45) is 0.723. The molecular weight excluding hydrogens is 185 g/mol. The van der Waals surface area contributed by atoms with Crippen LogP contribution in [0, 0.1) is 5.82 Å². The first-order valence-corrected chi connectivity index (χ1v) is 4.42. The first-order valence-electron chi connectivity index (χ1n) is 4.42. The van der Waals surface area contributed by atoms with Crippen molar-refractivity contribution in [2.75, 3.05) is 18.0 Å². The molecule has 2 rings (SSSR count). The van der Waals surface area contributed by atoms with Gasteiger partial charge in [-0.1, -0.05) is 0 Å². The summed E-state index contributed by atoms with van der Waals surface area (Å²) in [5, 5.41) is 8.64. The predicted molar refractivity (Wildman–Crippen MR) is 50.0 cm³/mol. The molecule has 74 valence electrons. The van der Waals surface area contributed by atoms with Gasteiger partial charge in [0.2, 0.25) is 0 Å². The molecule has 0 unspecified atom stereocenters. The van der Waals surface area contributed by atoms with Gasteiger partial charge in [-0.3, -0.25) is 4.79 Å². The quantitative estimate of drug-likeness (QED) is 0.772. The van der Waals surface area contributed by atoms with Gasteiger partial charge in [0, 0.05) is 12.2 Å². The van der Waals surface area contributed by atoms with Crippen LogP contribution in [0.25, 0.3) is 0 Å². The van der Waals surface area contributed by atoms with Gasteiger partial charge in [-0.15, -0.1) is 0 Å². The Bertz CT molecular complexity index is 378. The van der Waals surface area contributed by atoms with Gasteiger partial charge in [-0.2, -0.15) is 0 Å². The Morgan fingerprint density at radius 1 is 1.57 bits per heavy atom. The first-order chi connectivity index (χ1) is 6.66. The number of carbonyl (C=O) groups is 1. The molecule has 0 saturated carbocycles. The van der Waals surface area contributed by atoms with E-state index in [0.717, 1.165) is 17.7 Å². The fraction of sp³-hybridized carbons (Fsp3) is 0.300. The van der Waals surface area contributed by atoms with Crippen LogP contribution in [0.2, 0.25) is 0 Å². The standard InChI is InChI=1S/C10H10FNO2/c11-8-1-2-9-7(5-8)3-4-12(9)6-10(13)14/h1-2,5H,3-4,6H2,(H,13,14). The molecule has 0 saturated heterocycles. The fourth-order valence-corrected chi connectivity index (χ4v) is 1.77. The first kappa shape index (κ1) is 8.99. The number of carboxylic acids is 1. The number of benzene rings is 1. The van der Waals surface area contributed by atoms with Crippen molar-refractivity contribution in [3.8, 4) is 0 Å². The van der Waals surface area contributed by atoms with Crippen LogP contribution < -0.4 is 4.90 Å². The van der Waals surface area contributed by atoms with Crippen molar-refractivity contribution in [2.45, 2.75) is 6.42 Å². The van der Waals surface area contributed by atoms with E-state index in [1.807, 2.05) is 0 Å². The second-order valence-electron chi connectivity index (χ2n) is 3.34. The van der Waals surface area contributed by atoms with Crippen LogP contribution in [0.4, 0.5) is 10.1 Å². The average Bonchev–Trinajstić information content (AvgIpc) is 2.47. The Morgan fingerprint density at radius 2 is 2.36 bits per heavy atom. The van der Waals surface area contributed by atoms with Gasteiger partial charge < -0.3 is 10.0 Å². The Kier molecular flexibility index (Phi) is 2.11. The van der Waals surface area contributed by atoms with Gasteiger partial charge >= 0.3 is 5.97 Å². The third-order valence-electron chi connectivity index (χ3n) is 2.36. The van der Waals surface area contributed by atoms with Crippen molar-refractivity contribution in [2.24, 2.45) is 0 Å². The van der Waals surface area contributed by atoms with Crippen LogP contribution in [0.15, 0.2) is 18.2 Å². The van der Waals surface area contributed by atoms with Gasteiger partial charge in [0.25, 0.3) is 0 Å². The van der Waals surface area contributed by atoms with E-state index >= 15 is 0 Å². The number of anilines is 1. The van der Waals surface area contributed by atoms with Crippen molar-refractivity contribution >= 4 is 11.7 Å². The van der Waals surface area contributed by atoms with Crippen LogP contribution in [-0.4, -0.2) is 24.2 Å². The van der Waals surface area contributed by atoms with E-state index in [9.17, 15) is 9.18 Å². The lowest BCUT2D eigenvalue weighted by molar-refractivity contribution is -0.135. The maximum Gasteiger partial charge on any atom is 0.323 e. The fourth-order valence-electron chi connectivity index (χ4n) is 1.77. The number of fused-ring (bicyclic) bond motifs is 1. The van der Waals surface area contributed by atoms with Crippen molar-refractivity contribution in [1.29, 1.82) is 0 Å². The highest BCUT2D eigenvalue weighted by molar-refractivity contribution is 5.75. The van der Waals surface area contributed by atoms with Crippen LogP contribution in [0.5, 0.6) is 0 Å². The molecule has 1 N–H and O–H groups in total. The molecule has 0 bridgehead atoms. The van der Waals surface area contributed by atoms with Gasteiger partial charge in [0.05, 0.1) is 0 Å². The zero-order valence-electron chi connectivity index (χ0n) is 7.53. The van der Waals surface area contributed by atoms with Gasteiger partial charge in [0.15, 0.2) is 0 Å². The van der Waals surface area contributed by atoms with E-state index < -0.39 is 5.97 Å². The monoisotopic (exact) mass is 195 g/mol. The van der Waals surface area contributed by atoms with Crippen LogP contribution in [-0.2, 0) is 11.2 Å². The molecule has 0 fully saturated rings. The van der Waals surface area contributed by atoms with E-state index in [1.54, 1.807) is 11.0 Å². The number of aliphatic carboxylic acids is 1. The summed E-state index contributed by atoms with van der Waals surface area (Å²) in [4.78, 5) is 12.3. The molecule has 0 atom stereocenters. The third kappa shape index (κ3) is 1.55. The van der Waals surface area contributed by atoms with E-state index in [1.165, 1.54) is 12.1 Å². The topological polar surface area (TPSA) is 40.5 Å². The summed E-state index contributed by atoms with van der Waals surface area (Å²) in [6.45, 7) is 0.643. The van der Waals surface area contributed by atoms with Crippen molar-refractivity contribution in [1.82, 2.24) is 0 Å². The highest BCUT2D eigenvalue weighted by Gasteiger charge is 2.20. The lowest BCUT2D eigenvalue weighted by Crippen LogP contribution is -2.27. The highest BCUT2D eigenvalue weighted by atomic mass is 19.1. The van der Waals surface area contributed by atoms with Crippen LogP contribution in [0.1, 0.15) is 5.56 Å². The van der Waals surface area contributed by atoms with Gasteiger partial charge in [0.1, 0.15) is 12.4 Å². The number of hydrogen-bond acceptors (Lipinski definition) is 2. The van der Waals surface area contributed by atoms with Crippen LogP contribution >= 0.6 is 0 Å². The van der Waals surface area contributed by atoms with E-state index in [4.69, 9.17) is 5.11 Å². The molecule has 0 spiro atoms. The lowest BCUT2D eigenvalue weighted by Gasteiger charge is -2.15. The lowest BCUT2D eigenvalue weighted by atomic mass is 10.2. The molecule has 4 heteroatoms. The Labute approximate surface area is 80.8 Å². The minimum Gasteiger partial charge on any atom is -0.480 e. The normalized spacial score (nSPS) is 14.2. The largest absolute Gasteiger partial charge is 0.480 e. The summed E-state index contributed by atoms with van der Waals surface area (Å²) < 4.78 is 12.8. The maximum absolute atomic E-state index is 12.8. The number of halogens is 1. The molecule has 14 heavy (non-hydrogen) atoms. The summed E-state index contributed by atoms with van der Waals surface area (Å²) in [5.74, 6) is -1.12. The molecule has 3 nitrogen and oxygen atoms in total. The van der Waals surface area contributed by atoms with Gasteiger partial charge in [-0.25, -0.2) is 4.39 Å². The molecule has 1 aromatic carbocycles. The number of nitrogens with zero attached hydrogens (tertiary/aromatic N) is 1. The van der Waals surface area contributed by atoms with Crippen molar-refractivity contribution < 1.29 is 14.3 Å². The zero-order valence-corrected chi connectivity index (χ0v) is 7.53. The van der Waals surface area contributed by atoms with E-state index in [-0.39, 0.29) is 12.4 Å². The predicted octanol–water partition coefficient (Wildman–Crippen LogP) is 1.27. The zero-order chi connectivity index (χ0) is 10.1. The van der Waals surface area contributed by atoms with Crippen molar-refractivity contribution in [3.05, 3.63) is 29.6 Å². The molecule has 0 aliphatic carbocycles. The molecule has 1 aliphatic rings. The van der Waals surface area contributed by atoms with E-state index in [2.05, 4.69) is 0 Å². The molecule has 0 radical (unpaired) electrons. The third-order valence-corrected chi connectivity index (χ3v) is 2.36. The minimum atomic E-state index is -0.859. The van der Waals surface area contributed by atoms with Crippen molar-refractivity contribution in [3.63, 3.8) is 0 Å². The molecular formula is C10H10FNO2. The Morgan fingerprint density at radius 3 is 3.07 bits per heavy atom. The molecule has 1 aromatic rings. The second-order valence-corrected chi connectivity index (χ2v) is 3.34. The molecule has 1 aliphatic heterocycles. The number of rotatable bonds is 2. The smallest absolute Gasteiger partial charge is 0.323 e. The van der Waals surface area contributed by atoms with E-state index in [0.29, 0.717) is 6.54 Å². The molecule has 1 heterocycles. The SMILES string of the molecule is O=C(O)CN1CCc2cc(F)ccc21. The average molecular weight is 195 g/mol. The summed E-state index contributed by atoms with van der Waals surface area (Å²) in [5.41, 5.74) is 1.74.